The van der Waals surface area contributed by atoms with E-state index in [2.05, 4.69) is 60.8 Å². The first-order chi connectivity index (χ1) is 12.6. The van der Waals surface area contributed by atoms with Gasteiger partial charge in [-0.2, -0.15) is 0 Å². The van der Waals surface area contributed by atoms with Gasteiger partial charge in [-0.25, -0.2) is 4.98 Å². The fraction of sp³-hybridized carbons (Fsp3) is 0.696. The molecule has 26 heavy (non-hydrogen) atoms. The van der Waals surface area contributed by atoms with Crippen molar-refractivity contribution in [1.82, 2.24) is 14.9 Å². The number of aromatic nitrogens is 2. The lowest BCUT2D eigenvalue weighted by Gasteiger charge is -2.35. The van der Waals surface area contributed by atoms with Gasteiger partial charge in [0.05, 0.1) is 11.0 Å². The number of aromatic amines is 1. The zero-order chi connectivity index (χ0) is 18.9. The highest BCUT2D eigenvalue weighted by Gasteiger charge is 2.22. The maximum atomic E-state index is 4.33. The van der Waals surface area contributed by atoms with Crippen LogP contribution >= 0.6 is 0 Å². The van der Waals surface area contributed by atoms with Gasteiger partial charge in [-0.3, -0.25) is 0 Å². The summed E-state index contributed by atoms with van der Waals surface area (Å²) in [5, 5.41) is 0. The Labute approximate surface area is 160 Å². The summed E-state index contributed by atoms with van der Waals surface area (Å²) >= 11 is 0. The van der Waals surface area contributed by atoms with Crippen molar-refractivity contribution in [2.24, 2.45) is 5.92 Å². The molecule has 1 fully saturated rings. The van der Waals surface area contributed by atoms with E-state index in [1.807, 2.05) is 6.92 Å². The normalized spacial score (nSPS) is 20.2. The Morgan fingerprint density at radius 3 is 2.27 bits per heavy atom. The molecule has 0 atom stereocenters. The number of rotatable bonds is 6. The van der Waals surface area contributed by atoms with Crippen molar-refractivity contribution in [3.8, 4) is 0 Å². The van der Waals surface area contributed by atoms with Gasteiger partial charge < -0.3 is 9.88 Å². The van der Waals surface area contributed by atoms with Crippen molar-refractivity contribution in [3.63, 3.8) is 0 Å². The number of benzene rings is 1. The number of nitrogens with zero attached hydrogens (tertiary/aromatic N) is 2. The van der Waals surface area contributed by atoms with Gasteiger partial charge in [0, 0.05) is 6.04 Å². The number of imidazole rings is 1. The molecule has 3 rings (SSSR count). The van der Waals surface area contributed by atoms with E-state index in [4.69, 9.17) is 0 Å². The predicted molar refractivity (Wildman–Crippen MR) is 114 cm³/mol. The molecule has 1 N–H and O–H groups in total. The summed E-state index contributed by atoms with van der Waals surface area (Å²) in [6.07, 6.45) is 9.50. The van der Waals surface area contributed by atoms with Gasteiger partial charge in [0.1, 0.15) is 5.82 Å². The summed E-state index contributed by atoms with van der Waals surface area (Å²) in [4.78, 5) is 10.3. The van der Waals surface area contributed by atoms with Crippen LogP contribution < -0.4 is 0 Å². The summed E-state index contributed by atoms with van der Waals surface area (Å²) in [5.74, 6) is 1.97. The Bertz CT molecular complexity index is 632. The fourth-order valence-electron chi connectivity index (χ4n) is 4.06. The molecule has 0 radical (unpaired) electrons. The van der Waals surface area contributed by atoms with Crippen LogP contribution in [0.15, 0.2) is 18.2 Å². The molecule has 0 amide bonds. The summed E-state index contributed by atoms with van der Waals surface area (Å²) in [7, 11) is 0. The summed E-state index contributed by atoms with van der Waals surface area (Å²) in [6.45, 7) is 13.8. The first-order valence-corrected chi connectivity index (χ1v) is 10.8. The van der Waals surface area contributed by atoms with Crippen LogP contribution in [-0.4, -0.2) is 34.0 Å². The van der Waals surface area contributed by atoms with Gasteiger partial charge in [0.25, 0.3) is 0 Å². The second-order valence-electron chi connectivity index (χ2n) is 7.98. The van der Waals surface area contributed by atoms with E-state index >= 15 is 0 Å². The maximum absolute atomic E-state index is 4.33. The Kier molecular flexibility index (Phi) is 8.64. The third-order valence-electron chi connectivity index (χ3n) is 5.60. The zero-order valence-corrected chi connectivity index (χ0v) is 17.6. The van der Waals surface area contributed by atoms with Crippen molar-refractivity contribution in [2.45, 2.75) is 85.6 Å². The van der Waals surface area contributed by atoms with Gasteiger partial charge in [-0.05, 0) is 88.6 Å². The van der Waals surface area contributed by atoms with E-state index in [9.17, 15) is 0 Å². The average Bonchev–Trinajstić information content (AvgIpc) is 3.02. The van der Waals surface area contributed by atoms with Crippen LogP contribution in [0.25, 0.3) is 11.0 Å². The van der Waals surface area contributed by atoms with Crippen molar-refractivity contribution in [2.75, 3.05) is 13.1 Å². The topological polar surface area (TPSA) is 31.9 Å². The molecular weight excluding hydrogens is 318 g/mol. The van der Waals surface area contributed by atoms with Gasteiger partial charge in [0.15, 0.2) is 0 Å². The highest BCUT2D eigenvalue weighted by molar-refractivity contribution is 5.75. The Morgan fingerprint density at radius 2 is 1.69 bits per heavy atom. The lowest BCUT2D eigenvalue weighted by atomic mass is 9.86. The van der Waals surface area contributed by atoms with Gasteiger partial charge in [0.2, 0.25) is 0 Å². The van der Waals surface area contributed by atoms with Crippen LogP contribution in [0.3, 0.4) is 0 Å². The van der Waals surface area contributed by atoms with Crippen LogP contribution in [-0.2, 0) is 6.42 Å². The SMILES string of the molecule is CCCN(CCC)C1CCC(C)CC1.CCc1ccc2nc(C)[nH]c2c1. The Hall–Kier alpha value is -1.35. The number of hydrogen-bond acceptors (Lipinski definition) is 2. The minimum absolute atomic E-state index is 0.908. The predicted octanol–water partition coefficient (Wildman–Crippen LogP) is 6.12. The molecule has 1 heterocycles. The first kappa shape index (κ1) is 21.0. The van der Waals surface area contributed by atoms with E-state index < -0.39 is 0 Å². The van der Waals surface area contributed by atoms with Crippen molar-refractivity contribution in [3.05, 3.63) is 29.6 Å². The molecule has 1 aliphatic carbocycles. The molecule has 0 unspecified atom stereocenters. The summed E-state index contributed by atoms with van der Waals surface area (Å²) in [5.41, 5.74) is 3.56. The molecule has 2 aromatic rings. The van der Waals surface area contributed by atoms with Crippen LogP contribution in [0, 0.1) is 12.8 Å². The summed E-state index contributed by atoms with van der Waals surface area (Å²) in [6, 6.07) is 7.27. The monoisotopic (exact) mass is 357 g/mol. The molecule has 1 aliphatic rings. The third kappa shape index (κ3) is 6.12. The minimum atomic E-state index is 0.908. The smallest absolute Gasteiger partial charge is 0.104 e. The van der Waals surface area contributed by atoms with E-state index in [0.717, 1.165) is 35.2 Å². The van der Waals surface area contributed by atoms with Gasteiger partial charge >= 0.3 is 0 Å². The van der Waals surface area contributed by atoms with Crippen LogP contribution in [0.1, 0.15) is 77.6 Å². The third-order valence-corrected chi connectivity index (χ3v) is 5.60. The Balaban J connectivity index is 0.000000189. The highest BCUT2D eigenvalue weighted by atomic mass is 15.1. The molecule has 0 saturated heterocycles. The van der Waals surface area contributed by atoms with Gasteiger partial charge in [-0.1, -0.05) is 33.8 Å². The zero-order valence-electron chi connectivity index (χ0n) is 17.6. The molecule has 0 aliphatic heterocycles. The maximum Gasteiger partial charge on any atom is 0.104 e. The van der Waals surface area contributed by atoms with E-state index in [1.54, 1.807) is 0 Å². The average molecular weight is 358 g/mol. The van der Waals surface area contributed by atoms with Crippen molar-refractivity contribution >= 4 is 11.0 Å². The molecule has 0 bridgehead atoms. The van der Waals surface area contributed by atoms with E-state index in [1.165, 1.54) is 57.2 Å². The number of H-pyrrole nitrogens is 1. The second-order valence-corrected chi connectivity index (χ2v) is 7.98. The Morgan fingerprint density at radius 1 is 1.04 bits per heavy atom. The van der Waals surface area contributed by atoms with Crippen LogP contribution in [0.4, 0.5) is 0 Å². The number of aryl methyl sites for hydroxylation is 2. The molecule has 146 valence electrons. The van der Waals surface area contributed by atoms with Crippen molar-refractivity contribution in [1.29, 1.82) is 0 Å². The van der Waals surface area contributed by atoms with Crippen LogP contribution in [0.2, 0.25) is 0 Å². The highest BCUT2D eigenvalue weighted by Crippen LogP contribution is 2.27. The molecule has 3 nitrogen and oxygen atoms in total. The number of fused-ring (bicyclic) bond motifs is 1. The molecule has 0 spiro atoms. The van der Waals surface area contributed by atoms with Crippen molar-refractivity contribution < 1.29 is 0 Å². The standard InChI is InChI=1S/C13H27N.C10H12N2/c1-4-10-14(11-5-2)13-8-6-12(3)7-9-13;1-3-8-4-5-9-10(6-8)12-7(2)11-9/h12-13H,4-11H2,1-3H3;4-6H,3H2,1-2H3,(H,11,12). The molecule has 1 aromatic heterocycles. The van der Waals surface area contributed by atoms with Crippen LogP contribution in [0.5, 0.6) is 0 Å². The molecule has 3 heteroatoms. The van der Waals surface area contributed by atoms with E-state index in [0.29, 0.717) is 0 Å². The molecule has 1 saturated carbocycles. The van der Waals surface area contributed by atoms with Gasteiger partial charge in [-0.15, -0.1) is 0 Å². The lowest BCUT2D eigenvalue weighted by Crippen LogP contribution is -2.38. The first-order valence-electron chi connectivity index (χ1n) is 10.8. The number of nitrogens with one attached hydrogen (secondary N) is 1. The molecular formula is C23H39N3. The minimum Gasteiger partial charge on any atom is -0.342 e. The lowest BCUT2D eigenvalue weighted by molar-refractivity contribution is 0.140. The largest absolute Gasteiger partial charge is 0.342 e. The number of hydrogen-bond donors (Lipinski definition) is 1. The van der Waals surface area contributed by atoms with E-state index in [-0.39, 0.29) is 0 Å². The second kappa shape index (κ2) is 10.7. The summed E-state index contributed by atoms with van der Waals surface area (Å²) < 4.78 is 0. The molecule has 1 aromatic carbocycles. The fourth-order valence-corrected chi connectivity index (χ4v) is 4.06. The quantitative estimate of drug-likeness (QED) is 0.675.